The summed E-state index contributed by atoms with van der Waals surface area (Å²) in [4.78, 5) is 0. The Hall–Kier alpha value is -10.1. The molecule has 0 unspecified atom stereocenters. The molecule has 0 radical (unpaired) electrons. The first-order chi connectivity index (χ1) is 39.8. The van der Waals surface area contributed by atoms with E-state index in [2.05, 4.69) is 279 Å². The van der Waals surface area contributed by atoms with Gasteiger partial charge in [-0.05, 0) is 202 Å². The Labute approximate surface area is 465 Å². The van der Waals surface area contributed by atoms with Gasteiger partial charge in [0.15, 0.2) is 0 Å². The fraction of sp³-hybridized carbons (Fsp3) is 0.0250. The van der Waals surface area contributed by atoms with Crippen molar-refractivity contribution in [1.29, 1.82) is 0 Å². The van der Waals surface area contributed by atoms with Crippen LogP contribution in [-0.2, 0) is 0 Å². The highest BCUT2D eigenvalue weighted by Crippen LogP contribution is 2.63. The lowest BCUT2D eigenvalue weighted by Gasteiger charge is -2.24. The zero-order valence-electron chi connectivity index (χ0n) is 44.0. The summed E-state index contributed by atoms with van der Waals surface area (Å²) in [6.07, 6.45) is 9.24. The molecule has 0 bridgehead atoms. The minimum atomic E-state index is 1.03. The smallest absolute Gasteiger partial charge is 0.000739 e. The first kappa shape index (κ1) is 44.9. The highest BCUT2D eigenvalue weighted by atomic mass is 14.4. The zero-order valence-corrected chi connectivity index (χ0v) is 44.0. The van der Waals surface area contributed by atoms with E-state index in [0.717, 1.165) is 12.8 Å². The third-order valence-electron chi connectivity index (χ3n) is 17.8. The van der Waals surface area contributed by atoms with Crippen molar-refractivity contribution < 1.29 is 0 Å². The van der Waals surface area contributed by atoms with Crippen LogP contribution in [0, 0.1) is 0 Å². The molecule has 0 saturated heterocycles. The molecule has 80 heavy (non-hydrogen) atoms. The van der Waals surface area contributed by atoms with E-state index in [-0.39, 0.29) is 0 Å². The molecule has 0 nitrogen and oxygen atoms in total. The van der Waals surface area contributed by atoms with Gasteiger partial charge in [0.2, 0.25) is 0 Å². The lowest BCUT2D eigenvalue weighted by molar-refractivity contribution is 1.04. The van der Waals surface area contributed by atoms with Gasteiger partial charge in [-0.25, -0.2) is 0 Å². The van der Waals surface area contributed by atoms with Crippen LogP contribution in [0.25, 0.3) is 171 Å². The zero-order chi connectivity index (χ0) is 52.4. The molecule has 0 fully saturated rings. The van der Waals surface area contributed by atoms with Crippen LogP contribution >= 0.6 is 0 Å². The van der Waals surface area contributed by atoms with E-state index < -0.39 is 0 Å². The van der Waals surface area contributed by atoms with Crippen LogP contribution < -0.4 is 0 Å². The molecular weight excluding hydrogens is 961 g/mol. The van der Waals surface area contributed by atoms with E-state index in [4.69, 9.17) is 0 Å². The van der Waals surface area contributed by atoms with E-state index in [1.54, 1.807) is 0 Å². The minimum absolute atomic E-state index is 1.03. The molecule has 0 aliphatic heterocycles. The Balaban J connectivity index is 1.10. The molecule has 17 rings (SSSR count). The molecule has 0 aromatic heterocycles. The Morgan fingerprint density at radius 2 is 0.525 bits per heavy atom. The Bertz CT molecular complexity index is 4930. The van der Waals surface area contributed by atoms with Gasteiger partial charge < -0.3 is 0 Å². The maximum atomic E-state index is 2.61. The van der Waals surface area contributed by atoms with E-state index >= 15 is 0 Å². The van der Waals surface area contributed by atoms with Crippen molar-refractivity contribution in [3.63, 3.8) is 0 Å². The van der Waals surface area contributed by atoms with Crippen molar-refractivity contribution in [2.75, 3.05) is 0 Å². The monoisotopic (exact) mass is 1010 g/mol. The van der Waals surface area contributed by atoms with Crippen LogP contribution in [0.3, 0.4) is 0 Å². The lowest BCUT2D eigenvalue weighted by Crippen LogP contribution is -1.97. The SMILES string of the molecule is C1=CC(c2ccccc2-c2cc3c4c(ccc5c6c(-c7ccccc7-c7ccccc7)cc7c8c(ccc(c2c45)c86)-c2c(-c4ccccc4)ccc(-c4ccccc4)c2-7)-c2c(-c4ccccc4)ccc(-c4ccccc4)c2-3)=CCC1. The van der Waals surface area contributed by atoms with E-state index in [0.29, 0.717) is 0 Å². The maximum Gasteiger partial charge on any atom is -0.000739 e. The number of allylic oxidation sites excluding steroid dienone is 4. The van der Waals surface area contributed by atoms with Crippen molar-refractivity contribution in [2.45, 2.75) is 12.8 Å². The number of fused-ring (bicyclic) bond motifs is 8. The third-order valence-corrected chi connectivity index (χ3v) is 17.8. The van der Waals surface area contributed by atoms with Crippen molar-refractivity contribution in [3.8, 4) is 122 Å². The summed E-state index contributed by atoms with van der Waals surface area (Å²) >= 11 is 0. The Morgan fingerprint density at radius 1 is 0.200 bits per heavy atom. The molecule has 370 valence electrons. The molecule has 0 amide bonds. The molecule has 3 aliphatic rings. The van der Waals surface area contributed by atoms with Crippen molar-refractivity contribution in [1.82, 2.24) is 0 Å². The average Bonchev–Trinajstić information content (AvgIpc) is 3.97. The molecule has 0 heteroatoms. The van der Waals surface area contributed by atoms with E-state index in [1.807, 2.05) is 0 Å². The van der Waals surface area contributed by atoms with E-state index in [9.17, 15) is 0 Å². The van der Waals surface area contributed by atoms with Gasteiger partial charge in [-0.2, -0.15) is 0 Å². The normalized spacial score (nSPS) is 12.9. The number of benzene rings is 14. The second kappa shape index (κ2) is 17.7. The number of rotatable bonds is 8. The van der Waals surface area contributed by atoms with Gasteiger partial charge in [0.1, 0.15) is 0 Å². The van der Waals surface area contributed by atoms with Crippen LogP contribution in [0.2, 0.25) is 0 Å². The molecule has 0 atom stereocenters. The molecule has 14 aromatic carbocycles. The fourth-order valence-corrected chi connectivity index (χ4v) is 14.5. The minimum Gasteiger partial charge on any atom is -0.0836 e. The summed E-state index contributed by atoms with van der Waals surface area (Å²) in [5, 5.41) is 10.5. The highest BCUT2D eigenvalue weighted by Gasteiger charge is 2.36. The average molecular weight is 1010 g/mol. The van der Waals surface area contributed by atoms with Crippen molar-refractivity contribution in [2.24, 2.45) is 0 Å². The maximum absolute atomic E-state index is 2.61. The summed E-state index contributed by atoms with van der Waals surface area (Å²) in [6.45, 7) is 0. The lowest BCUT2D eigenvalue weighted by atomic mass is 9.79. The van der Waals surface area contributed by atoms with Crippen LogP contribution in [-0.4, -0.2) is 0 Å². The molecule has 0 heterocycles. The predicted octanol–water partition coefficient (Wildman–Crippen LogP) is 22.4. The summed E-state index contributed by atoms with van der Waals surface area (Å²) in [6, 6.07) is 98.4. The number of hydrogen-bond donors (Lipinski definition) is 0. The first-order valence-electron chi connectivity index (χ1n) is 28.2. The van der Waals surface area contributed by atoms with Crippen LogP contribution in [0.4, 0.5) is 0 Å². The van der Waals surface area contributed by atoms with Gasteiger partial charge >= 0.3 is 0 Å². The standard InChI is InChI=1S/C80H50/c1-7-23-49(24-8-1)55-35-19-21-37-61(55)67-47-69-73-59(53-31-15-5-16-32-53)41-39-57(51-27-11-3-12-28-51)71(73)63-44-46-66-76-68(62-38-22-20-36-56(62)50-25-9-2-10-26-50)48-70-74-60(54-33-17-6-18-34-54)42-40-58(52-29-13-4-14-30-52)72(74)64-43-45-65(80(76)78(64)70)75(67)79(66)77(63)69/h1,3-9,11-48H,2,10H2. The topological polar surface area (TPSA) is 0 Å². The number of hydrogen-bond acceptors (Lipinski definition) is 0. The van der Waals surface area contributed by atoms with Gasteiger partial charge in [-0.1, -0.05) is 267 Å². The molecule has 14 aromatic rings. The van der Waals surface area contributed by atoms with Gasteiger partial charge in [-0.3, -0.25) is 0 Å². The van der Waals surface area contributed by atoms with Crippen molar-refractivity contribution >= 4 is 48.7 Å². The predicted molar refractivity (Wildman–Crippen MR) is 341 cm³/mol. The van der Waals surface area contributed by atoms with Gasteiger partial charge in [0, 0.05) is 0 Å². The molecule has 0 saturated carbocycles. The summed E-state index contributed by atoms with van der Waals surface area (Å²) < 4.78 is 0. The molecule has 0 N–H and O–H groups in total. The third kappa shape index (κ3) is 6.51. The second-order valence-corrected chi connectivity index (χ2v) is 21.9. The van der Waals surface area contributed by atoms with Gasteiger partial charge in [0.05, 0.1) is 0 Å². The largest absolute Gasteiger partial charge is 0.0836 e. The first-order valence-corrected chi connectivity index (χ1v) is 28.2. The Kier molecular flexibility index (Phi) is 9.94. The van der Waals surface area contributed by atoms with Crippen LogP contribution in [0.15, 0.2) is 279 Å². The quantitative estimate of drug-likeness (QED) is 0.105. The van der Waals surface area contributed by atoms with Gasteiger partial charge in [0.25, 0.3) is 0 Å². The molecule has 3 aliphatic carbocycles. The van der Waals surface area contributed by atoms with Crippen LogP contribution in [0.5, 0.6) is 0 Å². The Morgan fingerprint density at radius 3 is 0.912 bits per heavy atom. The van der Waals surface area contributed by atoms with Gasteiger partial charge in [-0.15, -0.1) is 0 Å². The van der Waals surface area contributed by atoms with Crippen molar-refractivity contribution in [3.05, 3.63) is 285 Å². The molecule has 0 spiro atoms. The fourth-order valence-electron chi connectivity index (χ4n) is 14.5. The summed E-state index contributed by atoms with van der Waals surface area (Å²) in [5.74, 6) is 0. The summed E-state index contributed by atoms with van der Waals surface area (Å²) in [5.41, 5.74) is 30.2. The molecular formula is C80H50. The van der Waals surface area contributed by atoms with Crippen LogP contribution in [0.1, 0.15) is 18.4 Å². The highest BCUT2D eigenvalue weighted by molar-refractivity contribution is 6.45. The second-order valence-electron chi connectivity index (χ2n) is 21.9. The van der Waals surface area contributed by atoms with E-state index in [1.165, 1.54) is 177 Å². The summed E-state index contributed by atoms with van der Waals surface area (Å²) in [7, 11) is 0.